The summed E-state index contributed by atoms with van der Waals surface area (Å²) in [4.78, 5) is 14.2. The number of hydrogen-bond acceptors (Lipinski definition) is 6. The van der Waals surface area contributed by atoms with Crippen LogP contribution in [0, 0.1) is 40.2 Å². The van der Waals surface area contributed by atoms with Crippen LogP contribution in [-0.4, -0.2) is 54.9 Å². The molecule has 242 valence electrons. The fourth-order valence-electron chi connectivity index (χ4n) is 6.46. The Hall–Kier alpha value is -3.66. The molecule has 0 unspecified atom stereocenters. The number of carbonyl (C=O) groups is 1. The van der Waals surface area contributed by atoms with E-state index >= 15 is 8.78 Å². The lowest BCUT2D eigenvalue weighted by atomic mass is 9.62. The van der Waals surface area contributed by atoms with Crippen LogP contribution >= 0.6 is 23.2 Å². The Morgan fingerprint density at radius 3 is 2.48 bits per heavy atom. The summed E-state index contributed by atoms with van der Waals surface area (Å²) >= 11 is 12.4. The van der Waals surface area contributed by atoms with E-state index in [9.17, 15) is 15.2 Å². The molecular formula is C36H36Cl2F2N2O4. The Morgan fingerprint density at radius 2 is 1.87 bits per heavy atom. The molecule has 0 amide bonds. The lowest BCUT2D eigenvalue weighted by Crippen LogP contribution is -2.46. The summed E-state index contributed by atoms with van der Waals surface area (Å²) in [6.45, 7) is 7.49. The first-order chi connectivity index (χ1) is 21.8. The van der Waals surface area contributed by atoms with Gasteiger partial charge in [0.2, 0.25) is 0 Å². The Morgan fingerprint density at radius 1 is 1.13 bits per heavy atom. The molecule has 6 nitrogen and oxygen atoms in total. The predicted octanol–water partition coefficient (Wildman–Crippen LogP) is 7.54. The number of methoxy groups -OCH3 is 1. The molecule has 0 saturated carbocycles. The quantitative estimate of drug-likeness (QED) is 0.197. The molecule has 0 bridgehead atoms. The fraction of sp³-hybridized carbons (Fsp3) is 0.389. The number of nitriles is 1. The molecule has 0 aliphatic carbocycles. The minimum atomic E-state index is -1.67. The monoisotopic (exact) mass is 668 g/mol. The highest BCUT2D eigenvalue weighted by atomic mass is 35.5. The number of nitrogens with zero attached hydrogens (tertiary/aromatic N) is 2. The van der Waals surface area contributed by atoms with Gasteiger partial charge >= 0.3 is 5.97 Å². The van der Waals surface area contributed by atoms with Gasteiger partial charge in [0.25, 0.3) is 0 Å². The number of carbonyl (C=O) groups excluding carboxylic acids is 1. The summed E-state index contributed by atoms with van der Waals surface area (Å²) in [6.07, 6.45) is 0.377. The Labute approximate surface area is 278 Å². The van der Waals surface area contributed by atoms with E-state index < -0.39 is 47.6 Å². The molecule has 1 heterocycles. The van der Waals surface area contributed by atoms with Gasteiger partial charge in [-0.05, 0) is 60.7 Å². The van der Waals surface area contributed by atoms with Crippen molar-refractivity contribution in [2.45, 2.75) is 57.5 Å². The second kappa shape index (κ2) is 14.4. The van der Waals surface area contributed by atoms with Crippen LogP contribution in [0.4, 0.5) is 8.78 Å². The average molecular weight is 670 g/mol. The Kier molecular flexibility index (Phi) is 11.0. The molecule has 1 N–H and O–H groups in total. The third-order valence-corrected chi connectivity index (χ3v) is 8.82. The van der Waals surface area contributed by atoms with Crippen molar-refractivity contribution in [2.24, 2.45) is 5.41 Å². The lowest BCUT2D eigenvalue weighted by molar-refractivity contribution is 0.0522. The number of hydrogen-bond donors (Lipinski definition) is 1. The smallest absolute Gasteiger partial charge is 0.341 e. The minimum Gasteiger partial charge on any atom is -0.496 e. The Balaban J connectivity index is 1.91. The van der Waals surface area contributed by atoms with Crippen LogP contribution in [-0.2, 0) is 10.2 Å². The third kappa shape index (κ3) is 6.87. The van der Waals surface area contributed by atoms with E-state index in [1.807, 2.05) is 25.7 Å². The van der Waals surface area contributed by atoms with Gasteiger partial charge in [0.05, 0.1) is 38.0 Å². The fourth-order valence-corrected chi connectivity index (χ4v) is 6.80. The van der Waals surface area contributed by atoms with Crippen LogP contribution in [0.25, 0.3) is 0 Å². The summed E-state index contributed by atoms with van der Waals surface area (Å²) in [7, 11) is 1.44. The molecule has 4 atom stereocenters. The number of halogens is 4. The first-order valence-electron chi connectivity index (χ1n) is 14.8. The van der Waals surface area contributed by atoms with Crippen molar-refractivity contribution in [3.8, 4) is 23.7 Å². The van der Waals surface area contributed by atoms with Crippen LogP contribution < -0.4 is 4.74 Å². The number of aliphatic hydroxyl groups excluding tert-OH is 1. The van der Waals surface area contributed by atoms with Crippen LogP contribution in [0.3, 0.4) is 0 Å². The van der Waals surface area contributed by atoms with E-state index in [-0.39, 0.29) is 45.3 Å². The summed E-state index contributed by atoms with van der Waals surface area (Å²) in [5.41, 5.74) is -1.10. The number of esters is 1. The van der Waals surface area contributed by atoms with Crippen LogP contribution in [0.2, 0.25) is 10.0 Å². The number of ether oxygens (including phenoxy) is 2. The third-order valence-electron chi connectivity index (χ3n) is 8.29. The molecule has 0 spiro atoms. The molecule has 1 aliphatic rings. The molecule has 1 fully saturated rings. The number of rotatable bonds is 8. The molecule has 4 rings (SSSR count). The predicted molar refractivity (Wildman–Crippen MR) is 174 cm³/mol. The first-order valence-corrected chi connectivity index (χ1v) is 15.6. The van der Waals surface area contributed by atoms with Crippen LogP contribution in [0.5, 0.6) is 5.75 Å². The number of aliphatic hydroxyl groups is 1. The van der Waals surface area contributed by atoms with E-state index in [4.69, 9.17) is 32.7 Å². The Bertz CT molecular complexity index is 1710. The van der Waals surface area contributed by atoms with Gasteiger partial charge in [-0.1, -0.05) is 74.0 Å². The zero-order valence-corrected chi connectivity index (χ0v) is 27.8. The highest BCUT2D eigenvalue weighted by Gasteiger charge is 2.62. The second-order valence-corrected chi connectivity index (χ2v) is 13.2. The summed E-state index contributed by atoms with van der Waals surface area (Å²) < 4.78 is 42.3. The van der Waals surface area contributed by atoms with E-state index in [0.717, 1.165) is 6.07 Å². The lowest BCUT2D eigenvalue weighted by Gasteiger charge is -2.39. The molecule has 0 aromatic heterocycles. The molecule has 1 aliphatic heterocycles. The summed E-state index contributed by atoms with van der Waals surface area (Å²) in [6, 6.07) is 14.3. The van der Waals surface area contributed by atoms with E-state index in [1.54, 1.807) is 31.2 Å². The van der Waals surface area contributed by atoms with Gasteiger partial charge in [-0.25, -0.2) is 13.6 Å². The molecule has 1 saturated heterocycles. The van der Waals surface area contributed by atoms with Crippen molar-refractivity contribution in [1.29, 1.82) is 5.26 Å². The van der Waals surface area contributed by atoms with Gasteiger partial charge in [-0.15, -0.1) is 0 Å². The maximum atomic E-state index is 15.9. The van der Waals surface area contributed by atoms with Crippen molar-refractivity contribution in [2.75, 3.05) is 26.9 Å². The highest BCUT2D eigenvalue weighted by molar-refractivity contribution is 6.31. The van der Waals surface area contributed by atoms with Crippen molar-refractivity contribution in [3.05, 3.63) is 98.5 Å². The average Bonchev–Trinajstić information content (AvgIpc) is 3.25. The van der Waals surface area contributed by atoms with Gasteiger partial charge in [0, 0.05) is 34.2 Å². The van der Waals surface area contributed by atoms with Crippen molar-refractivity contribution in [3.63, 3.8) is 0 Å². The zero-order chi connectivity index (χ0) is 33.8. The SMILES string of the molecule is CCOC(=O)c1ccc(C#CCN2[C@@H](CC(C)(C)C)[C@](C#N)(c3ccc(Cl)cc3F)[C@@H](c3cccc(Cl)c3F)[C@@H]2CO)cc1OC. The highest BCUT2D eigenvalue weighted by Crippen LogP contribution is 2.56. The molecule has 10 heteroatoms. The normalized spacial score (nSPS) is 21.3. The van der Waals surface area contributed by atoms with Gasteiger partial charge in [0.1, 0.15) is 28.4 Å². The van der Waals surface area contributed by atoms with Gasteiger partial charge < -0.3 is 14.6 Å². The largest absolute Gasteiger partial charge is 0.496 e. The molecule has 0 radical (unpaired) electrons. The standard InChI is InChI=1S/C36H36Cl2F2N2O4/c1-6-46-34(44)24-14-12-22(17-30(24)45-5)9-8-16-42-29(20-43)32(25-10-7-11-27(38)33(25)40)36(21-41,31(42)19-35(2,3)4)26-15-13-23(37)18-28(26)39/h7,10-15,17-18,29,31-32,43H,6,16,19-20H2,1-5H3/t29-,31-,32-,36-/m0/s1. The maximum absolute atomic E-state index is 15.9. The van der Waals surface area contributed by atoms with Gasteiger partial charge in [-0.3, -0.25) is 4.90 Å². The molecule has 46 heavy (non-hydrogen) atoms. The van der Waals surface area contributed by atoms with Crippen LogP contribution in [0.1, 0.15) is 67.1 Å². The first kappa shape index (κ1) is 35.2. The maximum Gasteiger partial charge on any atom is 0.341 e. The van der Waals surface area contributed by atoms with E-state index in [0.29, 0.717) is 17.7 Å². The van der Waals surface area contributed by atoms with Gasteiger partial charge in [0.15, 0.2) is 0 Å². The van der Waals surface area contributed by atoms with Crippen molar-refractivity contribution >= 4 is 29.2 Å². The molecule has 3 aromatic rings. The molecular weight excluding hydrogens is 633 g/mol. The zero-order valence-electron chi connectivity index (χ0n) is 26.3. The van der Waals surface area contributed by atoms with Crippen molar-refractivity contribution in [1.82, 2.24) is 4.90 Å². The van der Waals surface area contributed by atoms with Gasteiger partial charge in [-0.2, -0.15) is 5.26 Å². The number of benzene rings is 3. The van der Waals surface area contributed by atoms with E-state index in [1.165, 1.54) is 31.4 Å². The van der Waals surface area contributed by atoms with Crippen molar-refractivity contribution < 1.29 is 28.2 Å². The van der Waals surface area contributed by atoms with Crippen LogP contribution in [0.15, 0.2) is 54.6 Å². The summed E-state index contributed by atoms with van der Waals surface area (Å²) in [5, 5.41) is 22.0. The number of likely N-dealkylation sites (tertiary alicyclic amines) is 1. The second-order valence-electron chi connectivity index (χ2n) is 12.4. The topological polar surface area (TPSA) is 82.8 Å². The van der Waals surface area contributed by atoms with E-state index in [2.05, 4.69) is 17.9 Å². The summed E-state index contributed by atoms with van der Waals surface area (Å²) in [5.74, 6) is 3.50. The molecule has 3 aromatic carbocycles. The minimum absolute atomic E-state index is 0.0469.